The molecule has 0 heterocycles. The van der Waals surface area contributed by atoms with E-state index in [9.17, 15) is 18.0 Å². The van der Waals surface area contributed by atoms with Crippen LogP contribution in [0.4, 0.5) is 11.4 Å². The van der Waals surface area contributed by atoms with Crippen molar-refractivity contribution < 1.29 is 18.0 Å². The molecule has 200 valence electrons. The lowest BCUT2D eigenvalue weighted by atomic mass is 10.1. The summed E-state index contributed by atoms with van der Waals surface area (Å²) in [7, 11) is -4.09. The Hall–Kier alpha value is -4.14. The Labute approximate surface area is 233 Å². The molecule has 0 radical (unpaired) electrons. The molecule has 0 unspecified atom stereocenters. The van der Waals surface area contributed by atoms with E-state index < -0.39 is 22.5 Å². The van der Waals surface area contributed by atoms with Crippen LogP contribution in [0.25, 0.3) is 0 Å². The summed E-state index contributed by atoms with van der Waals surface area (Å²) in [5.74, 6) is -0.947. The molecule has 4 aromatic carbocycles. The van der Waals surface area contributed by atoms with Crippen molar-refractivity contribution in [2.45, 2.75) is 18.2 Å². The van der Waals surface area contributed by atoms with Gasteiger partial charge in [0.15, 0.2) is 0 Å². The van der Waals surface area contributed by atoms with Crippen molar-refractivity contribution in [2.24, 2.45) is 0 Å². The van der Waals surface area contributed by atoms with Gasteiger partial charge in [-0.05, 0) is 66.9 Å². The number of nitrogens with one attached hydrogen (secondary N) is 2. The first-order valence-corrected chi connectivity index (χ1v) is 14.1. The Morgan fingerprint density at radius 2 is 1.49 bits per heavy atom. The molecule has 4 rings (SSSR count). The number of benzene rings is 4. The van der Waals surface area contributed by atoms with Gasteiger partial charge in [-0.15, -0.1) is 0 Å². The van der Waals surface area contributed by atoms with Gasteiger partial charge in [-0.1, -0.05) is 72.3 Å². The number of carbonyl (C=O) groups is 2. The summed E-state index contributed by atoms with van der Waals surface area (Å²) >= 11 is 6.10. The van der Waals surface area contributed by atoms with Crippen LogP contribution in [0.5, 0.6) is 0 Å². The molecule has 0 saturated heterocycles. The molecular weight excluding hydrogens is 534 g/mol. The minimum Gasteiger partial charge on any atom is -0.352 e. The van der Waals surface area contributed by atoms with Crippen LogP contribution in [-0.4, -0.2) is 33.3 Å². The summed E-state index contributed by atoms with van der Waals surface area (Å²) in [6, 6.07) is 29.1. The van der Waals surface area contributed by atoms with E-state index in [4.69, 9.17) is 11.6 Å². The van der Waals surface area contributed by atoms with Crippen LogP contribution in [0.1, 0.15) is 21.5 Å². The number of sulfonamides is 1. The second-order valence-corrected chi connectivity index (χ2v) is 11.1. The van der Waals surface area contributed by atoms with Crippen LogP contribution in [0, 0.1) is 6.92 Å². The fraction of sp³-hybridized carbons (Fsp3) is 0.133. The number of hydrogen-bond acceptors (Lipinski definition) is 4. The lowest BCUT2D eigenvalue weighted by Crippen LogP contribution is -2.39. The Morgan fingerprint density at radius 3 is 2.18 bits per heavy atom. The fourth-order valence-corrected chi connectivity index (χ4v) is 5.82. The maximum Gasteiger partial charge on any atom is 0.264 e. The minimum absolute atomic E-state index is 0.0466. The van der Waals surface area contributed by atoms with Crippen molar-refractivity contribution in [1.29, 1.82) is 0 Å². The van der Waals surface area contributed by atoms with Gasteiger partial charge in [0.1, 0.15) is 6.54 Å². The Kier molecular flexibility index (Phi) is 9.01. The van der Waals surface area contributed by atoms with Gasteiger partial charge in [0.25, 0.3) is 15.9 Å². The van der Waals surface area contributed by atoms with Gasteiger partial charge in [-0.2, -0.15) is 0 Å². The summed E-state index contributed by atoms with van der Waals surface area (Å²) < 4.78 is 28.3. The molecule has 2 amide bonds. The molecule has 0 atom stereocenters. The van der Waals surface area contributed by atoms with Crippen LogP contribution >= 0.6 is 11.6 Å². The smallest absolute Gasteiger partial charge is 0.264 e. The second kappa shape index (κ2) is 12.6. The van der Waals surface area contributed by atoms with Gasteiger partial charge in [0.05, 0.1) is 21.8 Å². The third kappa shape index (κ3) is 7.04. The lowest BCUT2D eigenvalue weighted by Gasteiger charge is -2.26. The van der Waals surface area contributed by atoms with Crippen molar-refractivity contribution in [1.82, 2.24) is 5.32 Å². The first-order valence-electron chi connectivity index (χ1n) is 12.3. The van der Waals surface area contributed by atoms with Crippen molar-refractivity contribution in [3.63, 3.8) is 0 Å². The van der Waals surface area contributed by atoms with E-state index in [1.165, 1.54) is 12.1 Å². The number of halogens is 1. The van der Waals surface area contributed by atoms with Crippen molar-refractivity contribution in [3.05, 3.63) is 125 Å². The molecule has 0 bridgehead atoms. The average Bonchev–Trinajstić information content (AvgIpc) is 2.93. The van der Waals surface area contributed by atoms with E-state index in [0.29, 0.717) is 29.2 Å². The zero-order valence-electron chi connectivity index (χ0n) is 21.3. The van der Waals surface area contributed by atoms with Gasteiger partial charge >= 0.3 is 0 Å². The summed E-state index contributed by atoms with van der Waals surface area (Å²) in [5.41, 5.74) is 2.57. The Balaban J connectivity index is 1.54. The van der Waals surface area contributed by atoms with Crippen LogP contribution in [0.3, 0.4) is 0 Å². The molecule has 2 N–H and O–H groups in total. The molecule has 7 nitrogen and oxygen atoms in total. The molecule has 0 fully saturated rings. The highest BCUT2D eigenvalue weighted by atomic mass is 35.5. The second-order valence-electron chi connectivity index (χ2n) is 8.84. The monoisotopic (exact) mass is 561 g/mol. The predicted octanol–water partition coefficient (Wildman–Crippen LogP) is 5.45. The van der Waals surface area contributed by atoms with E-state index in [0.717, 1.165) is 9.87 Å². The highest BCUT2D eigenvalue weighted by Gasteiger charge is 2.28. The molecule has 0 aromatic heterocycles. The predicted molar refractivity (Wildman–Crippen MR) is 155 cm³/mol. The van der Waals surface area contributed by atoms with E-state index >= 15 is 0 Å². The Bertz CT molecular complexity index is 1560. The van der Waals surface area contributed by atoms with Crippen LogP contribution in [0.2, 0.25) is 5.02 Å². The summed E-state index contributed by atoms with van der Waals surface area (Å²) in [5, 5.41) is 6.05. The first-order chi connectivity index (χ1) is 18.8. The van der Waals surface area contributed by atoms with E-state index in [2.05, 4.69) is 10.6 Å². The number of amides is 2. The first kappa shape index (κ1) is 27.9. The average molecular weight is 562 g/mol. The van der Waals surface area contributed by atoms with E-state index in [1.54, 1.807) is 67.6 Å². The van der Waals surface area contributed by atoms with Crippen molar-refractivity contribution in [3.8, 4) is 0 Å². The van der Waals surface area contributed by atoms with Gasteiger partial charge in [0.2, 0.25) is 5.91 Å². The summed E-state index contributed by atoms with van der Waals surface area (Å²) in [6.45, 7) is 1.63. The maximum absolute atomic E-state index is 13.6. The third-order valence-corrected chi connectivity index (χ3v) is 8.04. The number of aryl methyl sites for hydroxylation is 1. The molecule has 0 spiro atoms. The quantitative estimate of drug-likeness (QED) is 0.269. The molecule has 0 aliphatic rings. The number of carbonyl (C=O) groups excluding carboxylic acids is 2. The number of rotatable bonds is 10. The third-order valence-electron chi connectivity index (χ3n) is 6.03. The molecule has 0 saturated carbocycles. The van der Waals surface area contributed by atoms with Gasteiger partial charge in [-0.25, -0.2) is 8.42 Å². The Morgan fingerprint density at radius 1 is 0.846 bits per heavy atom. The van der Waals surface area contributed by atoms with Crippen LogP contribution in [-0.2, 0) is 21.2 Å². The van der Waals surface area contributed by atoms with Crippen LogP contribution < -0.4 is 14.9 Å². The number of nitrogens with zero attached hydrogens (tertiary/aromatic N) is 1. The van der Waals surface area contributed by atoms with Crippen molar-refractivity contribution >= 4 is 44.8 Å². The highest BCUT2D eigenvalue weighted by Crippen LogP contribution is 2.29. The van der Waals surface area contributed by atoms with Gasteiger partial charge < -0.3 is 10.6 Å². The van der Waals surface area contributed by atoms with Gasteiger partial charge in [-0.3, -0.25) is 13.9 Å². The fourth-order valence-electron chi connectivity index (χ4n) is 4.09. The molecule has 39 heavy (non-hydrogen) atoms. The topological polar surface area (TPSA) is 95.6 Å². The van der Waals surface area contributed by atoms with E-state index in [1.807, 2.05) is 30.3 Å². The SMILES string of the molecule is Cc1cc(Cl)ccc1N(CC(=O)Nc1ccccc1C(=O)NCCc1ccccc1)S(=O)(=O)c1ccccc1. The summed E-state index contributed by atoms with van der Waals surface area (Å²) in [4.78, 5) is 26.2. The normalized spacial score (nSPS) is 11.0. The van der Waals surface area contributed by atoms with Crippen molar-refractivity contribution in [2.75, 3.05) is 22.7 Å². The summed E-state index contributed by atoms with van der Waals surface area (Å²) in [6.07, 6.45) is 0.661. The highest BCUT2D eigenvalue weighted by molar-refractivity contribution is 7.92. The van der Waals surface area contributed by atoms with Gasteiger partial charge in [0, 0.05) is 11.6 Å². The standard InChI is InChI=1S/C30H28ClN3O4S/c1-22-20-24(31)16-17-28(22)34(39(37,38)25-12-6-3-7-13-25)21-29(35)33-27-15-9-8-14-26(27)30(36)32-19-18-23-10-4-2-5-11-23/h2-17,20H,18-19,21H2,1H3,(H,32,36)(H,33,35). The zero-order chi connectivity index (χ0) is 27.8. The largest absolute Gasteiger partial charge is 0.352 e. The molecular formula is C30H28ClN3O4S. The molecule has 9 heteroatoms. The zero-order valence-corrected chi connectivity index (χ0v) is 22.9. The number of para-hydroxylation sites is 1. The van der Waals surface area contributed by atoms with E-state index in [-0.39, 0.29) is 22.1 Å². The molecule has 4 aromatic rings. The number of anilines is 2. The molecule has 0 aliphatic heterocycles. The minimum atomic E-state index is -4.09. The molecule has 0 aliphatic carbocycles. The maximum atomic E-state index is 13.6. The lowest BCUT2D eigenvalue weighted by molar-refractivity contribution is -0.114. The van der Waals surface area contributed by atoms with Crippen LogP contribution in [0.15, 0.2) is 108 Å². The number of hydrogen-bond donors (Lipinski definition) is 2.